The third kappa shape index (κ3) is 4.59. The lowest BCUT2D eigenvalue weighted by atomic mass is 9.99. The second-order valence-electron chi connectivity index (χ2n) is 4.92. The molecule has 0 saturated carbocycles. The van der Waals surface area contributed by atoms with Crippen molar-refractivity contribution in [1.29, 1.82) is 0 Å². The summed E-state index contributed by atoms with van der Waals surface area (Å²) in [6.45, 7) is 3.76. The molecule has 0 bridgehead atoms. The van der Waals surface area contributed by atoms with Gasteiger partial charge in [0, 0.05) is 0 Å². The highest BCUT2D eigenvalue weighted by atomic mass is 16.6. The van der Waals surface area contributed by atoms with Gasteiger partial charge in [-0.15, -0.1) is 0 Å². The zero-order chi connectivity index (χ0) is 17.4. The third-order valence-corrected chi connectivity index (χ3v) is 3.21. The molecule has 2 rings (SSSR count). The number of para-hydroxylation sites is 1. The molecule has 5 heteroatoms. The van der Waals surface area contributed by atoms with E-state index in [9.17, 15) is 9.59 Å². The van der Waals surface area contributed by atoms with Crippen molar-refractivity contribution in [2.75, 3.05) is 13.2 Å². The largest absolute Gasteiger partial charge is 0.465 e. The van der Waals surface area contributed by atoms with Crippen LogP contribution < -0.4 is 4.74 Å². The monoisotopic (exact) mass is 328 g/mol. The molecule has 0 fully saturated rings. The summed E-state index contributed by atoms with van der Waals surface area (Å²) in [7, 11) is 0. The van der Waals surface area contributed by atoms with E-state index in [0.717, 1.165) is 0 Å². The SMILES string of the molecule is CCOC(=O)C(C(=O)OCC)c1cccc(Oc2ccccc2)c1. The Balaban J connectivity index is 2.27. The molecule has 0 radical (unpaired) electrons. The molecule has 0 aliphatic rings. The number of rotatable bonds is 7. The average molecular weight is 328 g/mol. The maximum atomic E-state index is 12.2. The van der Waals surface area contributed by atoms with Gasteiger partial charge in [0.2, 0.25) is 0 Å². The van der Waals surface area contributed by atoms with E-state index < -0.39 is 17.9 Å². The van der Waals surface area contributed by atoms with Crippen molar-refractivity contribution in [2.24, 2.45) is 0 Å². The normalized spacial score (nSPS) is 10.3. The highest BCUT2D eigenvalue weighted by Crippen LogP contribution is 2.27. The smallest absolute Gasteiger partial charge is 0.324 e. The van der Waals surface area contributed by atoms with Crippen LogP contribution in [-0.2, 0) is 19.1 Å². The van der Waals surface area contributed by atoms with Crippen LogP contribution in [0.5, 0.6) is 11.5 Å². The lowest BCUT2D eigenvalue weighted by Crippen LogP contribution is -2.26. The highest BCUT2D eigenvalue weighted by Gasteiger charge is 2.31. The molecular formula is C19H20O5. The maximum absolute atomic E-state index is 12.2. The van der Waals surface area contributed by atoms with Gasteiger partial charge in [-0.2, -0.15) is 0 Å². The topological polar surface area (TPSA) is 61.8 Å². The van der Waals surface area contributed by atoms with E-state index in [0.29, 0.717) is 17.1 Å². The summed E-state index contributed by atoms with van der Waals surface area (Å²) in [4.78, 5) is 24.3. The zero-order valence-corrected chi connectivity index (χ0v) is 13.7. The van der Waals surface area contributed by atoms with Crippen molar-refractivity contribution in [2.45, 2.75) is 19.8 Å². The second-order valence-corrected chi connectivity index (χ2v) is 4.92. The van der Waals surface area contributed by atoms with Gasteiger partial charge in [-0.1, -0.05) is 30.3 Å². The molecule has 0 spiro atoms. The summed E-state index contributed by atoms with van der Waals surface area (Å²) >= 11 is 0. The molecule has 0 unspecified atom stereocenters. The third-order valence-electron chi connectivity index (χ3n) is 3.21. The fourth-order valence-electron chi connectivity index (χ4n) is 2.20. The lowest BCUT2D eigenvalue weighted by molar-refractivity contribution is -0.156. The van der Waals surface area contributed by atoms with Gasteiger partial charge in [0.15, 0.2) is 5.92 Å². The van der Waals surface area contributed by atoms with E-state index in [1.807, 2.05) is 30.3 Å². The van der Waals surface area contributed by atoms with Gasteiger partial charge < -0.3 is 14.2 Å². The number of hydrogen-bond acceptors (Lipinski definition) is 5. The predicted molar refractivity (Wildman–Crippen MR) is 89.0 cm³/mol. The van der Waals surface area contributed by atoms with Gasteiger partial charge in [0.1, 0.15) is 11.5 Å². The van der Waals surface area contributed by atoms with Crippen molar-refractivity contribution in [3.05, 3.63) is 60.2 Å². The quantitative estimate of drug-likeness (QED) is 0.573. The number of hydrogen-bond donors (Lipinski definition) is 0. The minimum Gasteiger partial charge on any atom is -0.465 e. The van der Waals surface area contributed by atoms with Crippen molar-refractivity contribution in [1.82, 2.24) is 0 Å². The van der Waals surface area contributed by atoms with Crippen molar-refractivity contribution in [3.63, 3.8) is 0 Å². The Hall–Kier alpha value is -2.82. The molecule has 0 heterocycles. The molecule has 24 heavy (non-hydrogen) atoms. The van der Waals surface area contributed by atoms with Gasteiger partial charge in [-0.05, 0) is 43.7 Å². The second kappa shape index (κ2) is 8.72. The predicted octanol–water partition coefficient (Wildman–Crippen LogP) is 3.69. The summed E-state index contributed by atoms with van der Waals surface area (Å²) in [6.07, 6.45) is 0. The minimum atomic E-state index is -1.12. The van der Waals surface area contributed by atoms with E-state index in [2.05, 4.69) is 0 Å². The molecule has 0 aliphatic carbocycles. The molecule has 5 nitrogen and oxygen atoms in total. The molecule has 2 aromatic carbocycles. The van der Waals surface area contributed by atoms with Crippen LogP contribution in [0.25, 0.3) is 0 Å². The molecule has 0 atom stereocenters. The molecule has 0 N–H and O–H groups in total. The van der Waals surface area contributed by atoms with E-state index in [1.165, 1.54) is 0 Å². The van der Waals surface area contributed by atoms with Gasteiger partial charge >= 0.3 is 11.9 Å². The van der Waals surface area contributed by atoms with Crippen molar-refractivity contribution < 1.29 is 23.8 Å². The Morgan fingerprint density at radius 1 is 0.833 bits per heavy atom. The first-order valence-corrected chi connectivity index (χ1v) is 7.81. The molecule has 126 valence electrons. The van der Waals surface area contributed by atoms with Crippen LogP contribution in [0.3, 0.4) is 0 Å². The van der Waals surface area contributed by atoms with E-state index in [1.54, 1.807) is 38.1 Å². The van der Waals surface area contributed by atoms with Gasteiger partial charge in [0.05, 0.1) is 13.2 Å². The average Bonchev–Trinajstić information content (AvgIpc) is 2.57. The first-order valence-electron chi connectivity index (χ1n) is 7.81. The molecule has 0 amide bonds. The van der Waals surface area contributed by atoms with Crippen LogP contribution in [0.2, 0.25) is 0 Å². The molecule has 0 aliphatic heterocycles. The molecule has 0 aromatic heterocycles. The van der Waals surface area contributed by atoms with E-state index in [4.69, 9.17) is 14.2 Å². The number of carbonyl (C=O) groups excluding carboxylic acids is 2. The number of ether oxygens (including phenoxy) is 3. The molecular weight excluding hydrogens is 308 g/mol. The first-order chi connectivity index (χ1) is 11.7. The zero-order valence-electron chi connectivity index (χ0n) is 13.7. The number of carbonyl (C=O) groups is 2. The Kier molecular flexibility index (Phi) is 6.37. The van der Waals surface area contributed by atoms with Crippen LogP contribution in [0, 0.1) is 0 Å². The van der Waals surface area contributed by atoms with Crippen LogP contribution >= 0.6 is 0 Å². The number of esters is 2. The van der Waals surface area contributed by atoms with Crippen LogP contribution in [0.4, 0.5) is 0 Å². The number of benzene rings is 2. The Bertz CT molecular complexity index is 663. The van der Waals surface area contributed by atoms with Crippen molar-refractivity contribution >= 4 is 11.9 Å². The van der Waals surface area contributed by atoms with Gasteiger partial charge in [-0.3, -0.25) is 9.59 Å². The lowest BCUT2D eigenvalue weighted by Gasteiger charge is -2.15. The Labute approximate surface area is 141 Å². The first kappa shape index (κ1) is 17.5. The Morgan fingerprint density at radius 2 is 1.42 bits per heavy atom. The Morgan fingerprint density at radius 3 is 2.00 bits per heavy atom. The van der Waals surface area contributed by atoms with E-state index in [-0.39, 0.29) is 13.2 Å². The van der Waals surface area contributed by atoms with Crippen LogP contribution in [0.15, 0.2) is 54.6 Å². The van der Waals surface area contributed by atoms with Gasteiger partial charge in [-0.25, -0.2) is 0 Å². The maximum Gasteiger partial charge on any atom is 0.324 e. The van der Waals surface area contributed by atoms with Crippen LogP contribution in [0.1, 0.15) is 25.3 Å². The standard InChI is InChI=1S/C19H20O5/c1-3-22-18(20)17(19(21)23-4-2)14-9-8-12-16(13-14)24-15-10-6-5-7-11-15/h5-13,17H,3-4H2,1-2H3. The minimum absolute atomic E-state index is 0.189. The molecule has 0 saturated heterocycles. The van der Waals surface area contributed by atoms with Crippen molar-refractivity contribution in [3.8, 4) is 11.5 Å². The summed E-state index contributed by atoms with van der Waals surface area (Å²) < 4.78 is 15.8. The van der Waals surface area contributed by atoms with Crippen LogP contribution in [-0.4, -0.2) is 25.2 Å². The van der Waals surface area contributed by atoms with Gasteiger partial charge in [0.25, 0.3) is 0 Å². The summed E-state index contributed by atoms with van der Waals surface area (Å²) in [5, 5.41) is 0. The summed E-state index contributed by atoms with van der Waals surface area (Å²) in [5.74, 6) is -1.19. The fourth-order valence-corrected chi connectivity index (χ4v) is 2.20. The summed E-state index contributed by atoms with van der Waals surface area (Å²) in [6, 6.07) is 16.0. The highest BCUT2D eigenvalue weighted by molar-refractivity contribution is 6.00. The van der Waals surface area contributed by atoms with E-state index >= 15 is 0 Å². The fraction of sp³-hybridized carbons (Fsp3) is 0.263. The molecule has 2 aromatic rings. The summed E-state index contributed by atoms with van der Waals surface area (Å²) in [5.41, 5.74) is 0.473.